The number of hydrogen-bond acceptors (Lipinski definition) is 4. The first-order chi connectivity index (χ1) is 10.1. The van der Waals surface area contributed by atoms with E-state index in [1.165, 1.54) is 4.90 Å². The minimum Gasteiger partial charge on any atom is -0.497 e. The average molecular weight is 292 g/mol. The number of amides is 3. The summed E-state index contributed by atoms with van der Waals surface area (Å²) in [5, 5.41) is 11.7. The molecule has 3 amide bonds. The first-order valence-electron chi connectivity index (χ1n) is 6.98. The van der Waals surface area contributed by atoms with E-state index in [0.29, 0.717) is 18.6 Å². The normalized spacial score (nSPS) is 21.6. The molecule has 114 valence electrons. The molecule has 21 heavy (non-hydrogen) atoms. The van der Waals surface area contributed by atoms with Crippen LogP contribution in [0.4, 0.5) is 4.79 Å². The fourth-order valence-corrected chi connectivity index (χ4v) is 2.57. The number of nitrogens with one attached hydrogen (secondary N) is 1. The summed E-state index contributed by atoms with van der Waals surface area (Å²) in [4.78, 5) is 25.9. The maximum absolute atomic E-state index is 12.7. The van der Waals surface area contributed by atoms with Crippen molar-refractivity contribution < 1.29 is 19.4 Å². The third kappa shape index (κ3) is 2.58. The van der Waals surface area contributed by atoms with Gasteiger partial charge in [0.15, 0.2) is 0 Å². The van der Waals surface area contributed by atoms with Gasteiger partial charge in [-0.25, -0.2) is 4.79 Å². The molecule has 0 aliphatic carbocycles. The number of nitrogens with zero attached hydrogens (tertiary/aromatic N) is 1. The van der Waals surface area contributed by atoms with Gasteiger partial charge in [0.2, 0.25) is 0 Å². The van der Waals surface area contributed by atoms with Crippen molar-refractivity contribution >= 4 is 11.9 Å². The zero-order valence-electron chi connectivity index (χ0n) is 12.3. The minimum absolute atomic E-state index is 0.0568. The third-order valence-corrected chi connectivity index (χ3v) is 3.83. The molecule has 2 rings (SSSR count). The van der Waals surface area contributed by atoms with E-state index in [1.54, 1.807) is 31.4 Å². The van der Waals surface area contributed by atoms with Crippen LogP contribution >= 0.6 is 0 Å². The Morgan fingerprint density at radius 3 is 2.48 bits per heavy atom. The van der Waals surface area contributed by atoms with Crippen molar-refractivity contribution in [1.29, 1.82) is 0 Å². The van der Waals surface area contributed by atoms with E-state index < -0.39 is 11.6 Å². The summed E-state index contributed by atoms with van der Waals surface area (Å²) in [5.41, 5.74) is -0.297. The maximum Gasteiger partial charge on any atom is 0.325 e. The van der Waals surface area contributed by atoms with Gasteiger partial charge in [0.05, 0.1) is 7.11 Å². The molecular formula is C15H20N2O4. The van der Waals surface area contributed by atoms with Crippen molar-refractivity contribution in [2.45, 2.75) is 25.3 Å². The van der Waals surface area contributed by atoms with Gasteiger partial charge in [0.25, 0.3) is 5.91 Å². The van der Waals surface area contributed by atoms with Gasteiger partial charge in [-0.2, -0.15) is 0 Å². The molecule has 1 aliphatic heterocycles. The molecule has 1 unspecified atom stereocenters. The lowest BCUT2D eigenvalue weighted by molar-refractivity contribution is -0.131. The summed E-state index contributed by atoms with van der Waals surface area (Å²) in [5.74, 6) is 0.424. The summed E-state index contributed by atoms with van der Waals surface area (Å²) < 4.78 is 5.11. The minimum atomic E-state index is -1.03. The largest absolute Gasteiger partial charge is 0.497 e. The molecule has 0 spiro atoms. The highest BCUT2D eigenvalue weighted by Gasteiger charge is 2.50. The van der Waals surface area contributed by atoms with Crippen molar-refractivity contribution in [3.05, 3.63) is 29.8 Å². The highest BCUT2D eigenvalue weighted by molar-refractivity contribution is 6.07. The molecule has 1 atom stereocenters. The molecule has 6 nitrogen and oxygen atoms in total. The van der Waals surface area contributed by atoms with Gasteiger partial charge < -0.3 is 15.2 Å². The number of aliphatic hydroxyl groups is 1. The molecule has 1 aromatic rings. The Labute approximate surface area is 123 Å². The van der Waals surface area contributed by atoms with Gasteiger partial charge in [0.1, 0.15) is 11.3 Å². The van der Waals surface area contributed by atoms with E-state index in [4.69, 9.17) is 9.84 Å². The van der Waals surface area contributed by atoms with Crippen LogP contribution < -0.4 is 10.1 Å². The van der Waals surface area contributed by atoms with E-state index in [0.717, 1.165) is 5.56 Å². The number of methoxy groups -OCH3 is 1. The molecule has 1 aromatic carbocycles. The van der Waals surface area contributed by atoms with Crippen molar-refractivity contribution in [3.8, 4) is 5.75 Å². The van der Waals surface area contributed by atoms with Gasteiger partial charge in [-0.15, -0.1) is 0 Å². The van der Waals surface area contributed by atoms with Crippen LogP contribution in [0.2, 0.25) is 0 Å². The number of urea groups is 1. The average Bonchev–Trinajstić information content (AvgIpc) is 2.77. The molecular weight excluding hydrogens is 272 g/mol. The van der Waals surface area contributed by atoms with Gasteiger partial charge in [-0.1, -0.05) is 19.1 Å². The smallest absolute Gasteiger partial charge is 0.325 e. The number of ether oxygens (including phenoxy) is 1. The number of aliphatic hydroxyl groups excluding tert-OH is 1. The molecule has 6 heteroatoms. The summed E-state index contributed by atoms with van der Waals surface area (Å²) >= 11 is 0. The molecule has 1 aliphatic rings. The number of rotatable bonds is 6. The first-order valence-corrected chi connectivity index (χ1v) is 6.98. The van der Waals surface area contributed by atoms with Gasteiger partial charge in [-0.3, -0.25) is 9.69 Å². The third-order valence-electron chi connectivity index (χ3n) is 3.83. The van der Waals surface area contributed by atoms with E-state index in [9.17, 15) is 9.59 Å². The molecule has 1 saturated heterocycles. The number of imide groups is 1. The van der Waals surface area contributed by atoms with Crippen LogP contribution in [0.1, 0.15) is 25.3 Å². The van der Waals surface area contributed by atoms with Crippen LogP contribution in [0.5, 0.6) is 5.75 Å². The van der Waals surface area contributed by atoms with Crippen LogP contribution in [0.25, 0.3) is 0 Å². The number of carbonyl (C=O) groups is 2. The van der Waals surface area contributed by atoms with Gasteiger partial charge in [-0.05, 0) is 30.5 Å². The van der Waals surface area contributed by atoms with Crippen molar-refractivity contribution in [1.82, 2.24) is 10.2 Å². The predicted molar refractivity (Wildman–Crippen MR) is 76.9 cm³/mol. The van der Waals surface area contributed by atoms with Crippen LogP contribution in [-0.4, -0.2) is 42.2 Å². The zero-order chi connectivity index (χ0) is 15.5. The Kier molecular flexibility index (Phi) is 4.47. The number of benzene rings is 1. The fourth-order valence-electron chi connectivity index (χ4n) is 2.57. The quantitative estimate of drug-likeness (QED) is 0.773. The Morgan fingerprint density at radius 2 is 1.95 bits per heavy atom. The molecule has 0 radical (unpaired) electrons. The second-order valence-electron chi connectivity index (χ2n) is 4.95. The Hall–Kier alpha value is -2.08. The van der Waals surface area contributed by atoms with Crippen LogP contribution in [0, 0.1) is 0 Å². The molecule has 1 fully saturated rings. The number of carbonyl (C=O) groups excluding carboxylic acids is 2. The monoisotopic (exact) mass is 292 g/mol. The van der Waals surface area contributed by atoms with Gasteiger partial charge in [0, 0.05) is 13.2 Å². The fraction of sp³-hybridized carbons (Fsp3) is 0.467. The highest BCUT2D eigenvalue weighted by Crippen LogP contribution is 2.33. The first kappa shape index (κ1) is 15.3. The van der Waals surface area contributed by atoms with E-state index in [-0.39, 0.29) is 19.1 Å². The lowest BCUT2D eigenvalue weighted by atomic mass is 9.87. The Balaban J connectivity index is 2.32. The summed E-state index contributed by atoms with van der Waals surface area (Å²) in [6, 6.07) is 6.70. The Bertz CT molecular complexity index is 529. The summed E-state index contributed by atoms with van der Waals surface area (Å²) in [6.07, 6.45) is 0.834. The van der Waals surface area contributed by atoms with Crippen molar-refractivity contribution in [3.63, 3.8) is 0 Å². The Morgan fingerprint density at radius 1 is 1.29 bits per heavy atom. The lowest BCUT2D eigenvalue weighted by Crippen LogP contribution is -2.43. The SMILES string of the molecule is CCC1(c2ccc(OC)cc2)NC(=O)N(CCCO)C1=O. The standard InChI is InChI=1S/C15H20N2O4/c1-3-15(11-5-7-12(21-2)8-6-11)13(19)17(9-4-10-18)14(20)16-15/h5-8,18H,3-4,9-10H2,1-2H3,(H,16,20). The molecule has 1 heterocycles. The van der Waals surface area contributed by atoms with Gasteiger partial charge >= 0.3 is 6.03 Å². The van der Waals surface area contributed by atoms with E-state index in [1.807, 2.05) is 6.92 Å². The lowest BCUT2D eigenvalue weighted by Gasteiger charge is -2.26. The predicted octanol–water partition coefficient (Wildman–Crippen LogP) is 1.23. The zero-order valence-corrected chi connectivity index (χ0v) is 12.3. The maximum atomic E-state index is 12.7. The van der Waals surface area contributed by atoms with E-state index >= 15 is 0 Å². The highest BCUT2D eigenvalue weighted by atomic mass is 16.5. The topological polar surface area (TPSA) is 78.9 Å². The second kappa shape index (κ2) is 6.13. The van der Waals surface area contributed by atoms with Crippen molar-refractivity contribution in [2.75, 3.05) is 20.3 Å². The molecule has 0 bridgehead atoms. The molecule has 0 aromatic heterocycles. The van der Waals surface area contributed by atoms with Crippen LogP contribution in [0.15, 0.2) is 24.3 Å². The van der Waals surface area contributed by atoms with Crippen molar-refractivity contribution in [2.24, 2.45) is 0 Å². The summed E-state index contributed by atoms with van der Waals surface area (Å²) in [7, 11) is 1.57. The van der Waals surface area contributed by atoms with Crippen LogP contribution in [0.3, 0.4) is 0 Å². The second-order valence-corrected chi connectivity index (χ2v) is 4.95. The molecule has 0 saturated carbocycles. The summed E-state index contributed by atoms with van der Waals surface area (Å²) in [6.45, 7) is 2.02. The molecule has 2 N–H and O–H groups in total. The number of hydrogen-bond donors (Lipinski definition) is 2. The van der Waals surface area contributed by atoms with E-state index in [2.05, 4.69) is 5.32 Å². The van der Waals surface area contributed by atoms with Crippen LogP contribution in [-0.2, 0) is 10.3 Å².